The van der Waals surface area contributed by atoms with Gasteiger partial charge in [-0.1, -0.05) is 37.6 Å². The van der Waals surface area contributed by atoms with Crippen LogP contribution in [0.5, 0.6) is 0 Å². The molecule has 0 bridgehead atoms. The minimum absolute atomic E-state index is 0.409. The van der Waals surface area contributed by atoms with Crippen molar-refractivity contribution in [2.75, 3.05) is 13.2 Å². The first kappa shape index (κ1) is 14.5. The number of hydrogen-bond donors (Lipinski definition) is 1. The zero-order valence-electron chi connectivity index (χ0n) is 12.3. The van der Waals surface area contributed by atoms with Gasteiger partial charge in [-0.2, -0.15) is 0 Å². The first-order valence-corrected chi connectivity index (χ1v) is 7.72. The lowest BCUT2D eigenvalue weighted by atomic mass is 10.0. The van der Waals surface area contributed by atoms with Crippen LogP contribution in [-0.2, 0) is 11.2 Å². The smallest absolute Gasteiger partial charge is 0.0619 e. The zero-order chi connectivity index (χ0) is 13.5. The summed E-state index contributed by atoms with van der Waals surface area (Å²) < 4.78 is 5.52. The molecule has 0 saturated carbocycles. The molecule has 1 heterocycles. The van der Waals surface area contributed by atoms with Crippen LogP contribution < -0.4 is 5.32 Å². The Hall–Kier alpha value is -0.860. The van der Waals surface area contributed by atoms with Gasteiger partial charge in [-0.15, -0.1) is 0 Å². The van der Waals surface area contributed by atoms with E-state index in [1.807, 2.05) is 0 Å². The fourth-order valence-corrected chi connectivity index (χ4v) is 2.68. The summed E-state index contributed by atoms with van der Waals surface area (Å²) in [5.41, 5.74) is 2.84. The van der Waals surface area contributed by atoms with E-state index in [-0.39, 0.29) is 0 Å². The molecule has 1 N–H and O–H groups in total. The summed E-state index contributed by atoms with van der Waals surface area (Å²) in [5.74, 6) is 0. The van der Waals surface area contributed by atoms with E-state index in [0.717, 1.165) is 13.2 Å². The van der Waals surface area contributed by atoms with Crippen LogP contribution in [0.4, 0.5) is 0 Å². The maximum atomic E-state index is 5.52. The Morgan fingerprint density at radius 3 is 2.74 bits per heavy atom. The van der Waals surface area contributed by atoms with Crippen LogP contribution in [-0.4, -0.2) is 19.3 Å². The predicted molar refractivity (Wildman–Crippen MR) is 80.4 cm³/mol. The Kier molecular flexibility index (Phi) is 5.87. The van der Waals surface area contributed by atoms with Crippen LogP contribution in [0, 0.1) is 0 Å². The van der Waals surface area contributed by atoms with Crippen molar-refractivity contribution in [3.8, 4) is 0 Å². The Labute approximate surface area is 117 Å². The van der Waals surface area contributed by atoms with E-state index in [2.05, 4.69) is 43.4 Å². The van der Waals surface area contributed by atoms with Crippen molar-refractivity contribution in [1.82, 2.24) is 5.32 Å². The molecule has 1 fully saturated rings. The SMILES string of the molecule is CCCCc1ccc(C(C)NC2CCCOC2)cc1. The molecular formula is C17H27NO. The number of rotatable bonds is 6. The number of nitrogens with one attached hydrogen (secondary N) is 1. The Morgan fingerprint density at radius 1 is 1.32 bits per heavy atom. The van der Waals surface area contributed by atoms with Gasteiger partial charge in [-0.25, -0.2) is 0 Å². The van der Waals surface area contributed by atoms with Gasteiger partial charge >= 0.3 is 0 Å². The molecule has 2 unspecified atom stereocenters. The third-order valence-electron chi connectivity index (χ3n) is 3.94. The second kappa shape index (κ2) is 7.66. The van der Waals surface area contributed by atoms with Gasteiger partial charge in [0.1, 0.15) is 0 Å². The lowest BCUT2D eigenvalue weighted by Gasteiger charge is -2.27. The molecule has 2 heteroatoms. The van der Waals surface area contributed by atoms with Crippen LogP contribution >= 0.6 is 0 Å². The Morgan fingerprint density at radius 2 is 2.11 bits per heavy atom. The Bertz CT molecular complexity index is 354. The molecule has 106 valence electrons. The van der Waals surface area contributed by atoms with Gasteiger partial charge in [0, 0.05) is 18.7 Å². The molecule has 1 aliphatic heterocycles. The van der Waals surface area contributed by atoms with Crippen molar-refractivity contribution >= 4 is 0 Å². The summed E-state index contributed by atoms with van der Waals surface area (Å²) in [6, 6.07) is 10.0. The number of benzene rings is 1. The highest BCUT2D eigenvalue weighted by molar-refractivity contribution is 5.25. The third-order valence-corrected chi connectivity index (χ3v) is 3.94. The second-order valence-electron chi connectivity index (χ2n) is 5.65. The van der Waals surface area contributed by atoms with Crippen molar-refractivity contribution in [1.29, 1.82) is 0 Å². The van der Waals surface area contributed by atoms with Crippen LogP contribution in [0.15, 0.2) is 24.3 Å². The van der Waals surface area contributed by atoms with Crippen molar-refractivity contribution in [3.63, 3.8) is 0 Å². The second-order valence-corrected chi connectivity index (χ2v) is 5.65. The van der Waals surface area contributed by atoms with Crippen LogP contribution in [0.25, 0.3) is 0 Å². The number of hydrogen-bond acceptors (Lipinski definition) is 2. The Balaban J connectivity index is 1.85. The molecule has 0 aromatic heterocycles. The first-order chi connectivity index (χ1) is 9.29. The number of aryl methyl sites for hydroxylation is 1. The molecule has 1 aromatic carbocycles. The van der Waals surface area contributed by atoms with E-state index in [0.29, 0.717) is 12.1 Å². The molecule has 0 spiro atoms. The van der Waals surface area contributed by atoms with Crippen molar-refractivity contribution in [2.24, 2.45) is 0 Å². The summed E-state index contributed by atoms with van der Waals surface area (Å²) in [6.07, 6.45) is 6.17. The fraction of sp³-hybridized carbons (Fsp3) is 0.647. The minimum Gasteiger partial charge on any atom is -0.380 e. The average Bonchev–Trinajstić information content (AvgIpc) is 2.46. The first-order valence-electron chi connectivity index (χ1n) is 7.72. The van der Waals surface area contributed by atoms with Crippen LogP contribution in [0.1, 0.15) is 56.7 Å². The predicted octanol–water partition coefficient (Wildman–Crippen LogP) is 3.86. The normalized spacial score (nSPS) is 21.3. The van der Waals surface area contributed by atoms with E-state index in [9.17, 15) is 0 Å². The van der Waals surface area contributed by atoms with Crippen molar-refractivity contribution < 1.29 is 4.74 Å². The maximum Gasteiger partial charge on any atom is 0.0619 e. The van der Waals surface area contributed by atoms with Gasteiger partial charge in [-0.3, -0.25) is 0 Å². The molecule has 0 radical (unpaired) electrons. The molecule has 2 atom stereocenters. The highest BCUT2D eigenvalue weighted by Crippen LogP contribution is 2.17. The van der Waals surface area contributed by atoms with E-state index >= 15 is 0 Å². The summed E-state index contributed by atoms with van der Waals surface area (Å²) in [4.78, 5) is 0. The highest BCUT2D eigenvalue weighted by Gasteiger charge is 2.16. The van der Waals surface area contributed by atoms with Gasteiger partial charge in [-0.05, 0) is 43.7 Å². The lowest BCUT2D eigenvalue weighted by molar-refractivity contribution is 0.0671. The van der Waals surface area contributed by atoms with Gasteiger partial charge in [0.25, 0.3) is 0 Å². The molecule has 1 saturated heterocycles. The molecule has 2 rings (SSSR count). The van der Waals surface area contributed by atoms with Crippen LogP contribution in [0.3, 0.4) is 0 Å². The maximum absolute atomic E-state index is 5.52. The minimum atomic E-state index is 0.409. The third kappa shape index (κ3) is 4.63. The lowest BCUT2D eigenvalue weighted by Crippen LogP contribution is -2.38. The zero-order valence-corrected chi connectivity index (χ0v) is 12.3. The molecule has 19 heavy (non-hydrogen) atoms. The molecule has 1 aliphatic rings. The molecule has 0 aliphatic carbocycles. The largest absolute Gasteiger partial charge is 0.380 e. The van der Waals surface area contributed by atoms with Crippen molar-refractivity contribution in [3.05, 3.63) is 35.4 Å². The highest BCUT2D eigenvalue weighted by atomic mass is 16.5. The average molecular weight is 261 g/mol. The van der Waals surface area contributed by atoms with Gasteiger partial charge in [0.2, 0.25) is 0 Å². The summed E-state index contributed by atoms with van der Waals surface area (Å²) >= 11 is 0. The summed E-state index contributed by atoms with van der Waals surface area (Å²) in [7, 11) is 0. The van der Waals surface area contributed by atoms with Gasteiger partial charge < -0.3 is 10.1 Å². The van der Waals surface area contributed by atoms with E-state index in [4.69, 9.17) is 4.74 Å². The topological polar surface area (TPSA) is 21.3 Å². The van der Waals surface area contributed by atoms with E-state index in [1.165, 1.54) is 43.2 Å². The van der Waals surface area contributed by atoms with E-state index in [1.54, 1.807) is 0 Å². The summed E-state index contributed by atoms with van der Waals surface area (Å²) in [6.45, 7) is 6.28. The summed E-state index contributed by atoms with van der Waals surface area (Å²) in [5, 5.41) is 3.67. The number of unbranched alkanes of at least 4 members (excludes halogenated alkanes) is 1. The van der Waals surface area contributed by atoms with Crippen molar-refractivity contribution in [2.45, 2.75) is 58.0 Å². The standard InChI is InChI=1S/C17H27NO/c1-3-4-6-15-8-10-16(11-9-15)14(2)18-17-7-5-12-19-13-17/h8-11,14,17-18H,3-7,12-13H2,1-2H3. The quantitative estimate of drug-likeness (QED) is 0.839. The monoisotopic (exact) mass is 261 g/mol. The molecular weight excluding hydrogens is 234 g/mol. The molecule has 1 aromatic rings. The van der Waals surface area contributed by atoms with Gasteiger partial charge in [0.05, 0.1) is 6.61 Å². The van der Waals surface area contributed by atoms with E-state index < -0.39 is 0 Å². The fourth-order valence-electron chi connectivity index (χ4n) is 2.68. The van der Waals surface area contributed by atoms with Gasteiger partial charge in [0.15, 0.2) is 0 Å². The van der Waals surface area contributed by atoms with Crippen LogP contribution in [0.2, 0.25) is 0 Å². The molecule has 0 amide bonds. The number of ether oxygens (including phenoxy) is 1. The molecule has 2 nitrogen and oxygen atoms in total.